The van der Waals surface area contributed by atoms with Crippen LogP contribution in [0.2, 0.25) is 0 Å². The van der Waals surface area contributed by atoms with Gasteiger partial charge in [0.05, 0.1) is 12.1 Å². The molecular weight excluding hydrogens is 202 g/mol. The van der Waals surface area contributed by atoms with Gasteiger partial charge in [-0.25, -0.2) is 8.78 Å². The molecule has 0 radical (unpaired) electrons. The van der Waals surface area contributed by atoms with Crippen molar-refractivity contribution >= 4 is 5.91 Å². The third kappa shape index (κ3) is 3.61. The summed E-state index contributed by atoms with van der Waals surface area (Å²) < 4.78 is 25.6. The van der Waals surface area contributed by atoms with E-state index in [9.17, 15) is 13.6 Å². The number of halogens is 2. The predicted molar refractivity (Wildman–Crippen MR) is 51.8 cm³/mol. The Balaban J connectivity index is 2.51. The Hall–Kier alpha value is -1.52. The largest absolute Gasteiger partial charge is 0.346 e. The lowest BCUT2D eigenvalue weighted by Gasteiger charge is -2.14. The minimum Gasteiger partial charge on any atom is -0.346 e. The van der Waals surface area contributed by atoms with Crippen LogP contribution < -0.4 is 5.32 Å². The second-order valence-electron chi connectivity index (χ2n) is 3.13. The van der Waals surface area contributed by atoms with E-state index in [0.29, 0.717) is 0 Å². The summed E-state index contributed by atoms with van der Waals surface area (Å²) in [4.78, 5) is 15.0. The fourth-order valence-corrected chi connectivity index (χ4v) is 0.934. The summed E-state index contributed by atoms with van der Waals surface area (Å²) in [5.41, 5.74) is 0.282. The van der Waals surface area contributed by atoms with Crippen molar-refractivity contribution in [3.05, 3.63) is 30.1 Å². The number of hydrogen-bond donors (Lipinski definition) is 1. The van der Waals surface area contributed by atoms with Gasteiger partial charge in [0.25, 0.3) is 11.8 Å². The minimum atomic E-state index is -2.85. The van der Waals surface area contributed by atoms with Crippen molar-refractivity contribution in [2.24, 2.45) is 0 Å². The van der Waals surface area contributed by atoms with Gasteiger partial charge in [0.2, 0.25) is 0 Å². The molecule has 0 aromatic carbocycles. The van der Waals surface area contributed by atoms with E-state index in [2.05, 4.69) is 10.3 Å². The van der Waals surface area contributed by atoms with Crippen molar-refractivity contribution in [2.45, 2.75) is 19.3 Å². The first-order valence-electron chi connectivity index (χ1n) is 4.61. The van der Waals surface area contributed by atoms with Crippen molar-refractivity contribution in [2.75, 3.05) is 6.54 Å². The van der Waals surface area contributed by atoms with Crippen LogP contribution in [0.4, 0.5) is 8.78 Å². The molecule has 0 bridgehead atoms. The summed E-state index contributed by atoms with van der Waals surface area (Å²) in [6.07, 6.45) is 2.55. The van der Waals surface area contributed by atoms with Crippen molar-refractivity contribution < 1.29 is 13.6 Å². The molecule has 5 heteroatoms. The van der Waals surface area contributed by atoms with Gasteiger partial charge in [0.15, 0.2) is 0 Å². The first-order chi connectivity index (χ1) is 7.05. The number of rotatable bonds is 4. The molecule has 0 spiro atoms. The molecule has 0 fully saturated rings. The molecular formula is C10H12F2N2O. The Morgan fingerprint density at radius 1 is 1.60 bits per heavy atom. The normalized spacial score (nSPS) is 11.1. The molecule has 1 aromatic heterocycles. The maximum absolute atomic E-state index is 12.8. The number of amides is 1. The Morgan fingerprint density at radius 2 is 2.33 bits per heavy atom. The quantitative estimate of drug-likeness (QED) is 0.831. The highest BCUT2D eigenvalue weighted by Crippen LogP contribution is 2.15. The fraction of sp³-hybridized carbons (Fsp3) is 0.400. The summed E-state index contributed by atoms with van der Waals surface area (Å²) >= 11 is 0. The van der Waals surface area contributed by atoms with E-state index in [1.54, 1.807) is 6.07 Å². The molecule has 15 heavy (non-hydrogen) atoms. The van der Waals surface area contributed by atoms with Crippen LogP contribution in [0.1, 0.15) is 23.7 Å². The highest BCUT2D eigenvalue weighted by Gasteiger charge is 2.26. The molecule has 3 nitrogen and oxygen atoms in total. The first kappa shape index (κ1) is 11.6. The Kier molecular flexibility index (Phi) is 3.71. The van der Waals surface area contributed by atoms with Gasteiger partial charge in [-0.15, -0.1) is 0 Å². The van der Waals surface area contributed by atoms with Crippen molar-refractivity contribution in [1.82, 2.24) is 10.3 Å². The summed E-state index contributed by atoms with van der Waals surface area (Å²) in [6, 6.07) is 3.10. The molecule has 1 rings (SSSR count). The SMILES string of the molecule is CCC(F)(F)CNC(=O)c1cccnc1. The molecule has 1 amide bonds. The second kappa shape index (κ2) is 4.82. The highest BCUT2D eigenvalue weighted by atomic mass is 19.3. The number of nitrogens with one attached hydrogen (secondary N) is 1. The molecule has 0 aliphatic rings. The number of pyridine rings is 1. The van der Waals surface area contributed by atoms with Crippen molar-refractivity contribution in [3.63, 3.8) is 0 Å². The van der Waals surface area contributed by atoms with E-state index in [1.807, 2.05) is 0 Å². The van der Waals surface area contributed by atoms with Gasteiger partial charge < -0.3 is 5.32 Å². The van der Waals surface area contributed by atoms with E-state index < -0.39 is 18.4 Å². The van der Waals surface area contributed by atoms with Crippen LogP contribution in [0, 0.1) is 0 Å². The van der Waals surface area contributed by atoms with E-state index >= 15 is 0 Å². The van der Waals surface area contributed by atoms with Crippen LogP contribution in [0.3, 0.4) is 0 Å². The lowest BCUT2D eigenvalue weighted by Crippen LogP contribution is -2.36. The van der Waals surface area contributed by atoms with Gasteiger partial charge in [-0.2, -0.15) is 0 Å². The predicted octanol–water partition coefficient (Wildman–Crippen LogP) is 1.86. The molecule has 0 atom stereocenters. The van der Waals surface area contributed by atoms with Gasteiger partial charge in [0, 0.05) is 18.8 Å². The van der Waals surface area contributed by atoms with E-state index in [0.717, 1.165) is 0 Å². The Labute approximate surface area is 86.5 Å². The Morgan fingerprint density at radius 3 is 2.87 bits per heavy atom. The number of carbonyl (C=O) groups excluding carboxylic acids is 1. The average molecular weight is 214 g/mol. The van der Waals surface area contributed by atoms with Crippen molar-refractivity contribution in [3.8, 4) is 0 Å². The van der Waals surface area contributed by atoms with Crippen LogP contribution in [0.5, 0.6) is 0 Å². The highest BCUT2D eigenvalue weighted by molar-refractivity contribution is 5.93. The zero-order valence-electron chi connectivity index (χ0n) is 8.34. The van der Waals surface area contributed by atoms with Gasteiger partial charge in [-0.3, -0.25) is 9.78 Å². The van der Waals surface area contributed by atoms with Crippen molar-refractivity contribution in [1.29, 1.82) is 0 Å². The number of nitrogens with zero attached hydrogens (tertiary/aromatic N) is 1. The zero-order valence-corrected chi connectivity index (χ0v) is 8.34. The number of aromatic nitrogens is 1. The summed E-state index contributed by atoms with van der Waals surface area (Å²) in [7, 11) is 0. The molecule has 0 unspecified atom stereocenters. The first-order valence-corrected chi connectivity index (χ1v) is 4.61. The average Bonchev–Trinajstić information content (AvgIpc) is 2.27. The number of alkyl halides is 2. The topological polar surface area (TPSA) is 42.0 Å². The van der Waals surface area contributed by atoms with Gasteiger partial charge in [-0.1, -0.05) is 6.92 Å². The fourth-order valence-electron chi connectivity index (χ4n) is 0.934. The molecule has 0 aliphatic heterocycles. The Bertz CT molecular complexity index is 327. The maximum Gasteiger partial charge on any atom is 0.264 e. The van der Waals surface area contributed by atoms with Crippen LogP contribution in [0.15, 0.2) is 24.5 Å². The summed E-state index contributed by atoms with van der Waals surface area (Å²) in [5.74, 6) is -3.38. The lowest BCUT2D eigenvalue weighted by atomic mass is 10.2. The smallest absolute Gasteiger partial charge is 0.264 e. The number of carbonyl (C=O) groups is 1. The molecule has 0 saturated carbocycles. The summed E-state index contributed by atoms with van der Waals surface area (Å²) in [6.45, 7) is 0.730. The molecule has 0 saturated heterocycles. The molecule has 1 heterocycles. The van der Waals surface area contributed by atoms with E-state index in [4.69, 9.17) is 0 Å². The third-order valence-corrected chi connectivity index (χ3v) is 1.95. The maximum atomic E-state index is 12.8. The monoisotopic (exact) mass is 214 g/mol. The van der Waals surface area contributed by atoms with Gasteiger partial charge in [-0.05, 0) is 12.1 Å². The third-order valence-electron chi connectivity index (χ3n) is 1.95. The summed E-state index contributed by atoms with van der Waals surface area (Å²) in [5, 5.41) is 2.16. The van der Waals surface area contributed by atoms with E-state index in [-0.39, 0.29) is 12.0 Å². The molecule has 82 valence electrons. The molecule has 1 aromatic rings. The van der Waals surface area contributed by atoms with Crippen LogP contribution in [-0.4, -0.2) is 23.4 Å². The second-order valence-corrected chi connectivity index (χ2v) is 3.13. The molecule has 1 N–H and O–H groups in total. The van der Waals surface area contributed by atoms with Crippen LogP contribution >= 0.6 is 0 Å². The lowest BCUT2D eigenvalue weighted by molar-refractivity contribution is -0.00101. The standard InChI is InChI=1S/C10H12F2N2O/c1-2-10(11,12)7-14-9(15)8-4-3-5-13-6-8/h3-6H,2,7H2,1H3,(H,14,15). The van der Waals surface area contributed by atoms with Crippen LogP contribution in [-0.2, 0) is 0 Å². The van der Waals surface area contributed by atoms with E-state index in [1.165, 1.54) is 25.4 Å². The molecule has 0 aliphatic carbocycles. The van der Waals surface area contributed by atoms with Gasteiger partial charge in [0.1, 0.15) is 0 Å². The number of hydrogen-bond acceptors (Lipinski definition) is 2. The zero-order chi connectivity index (χ0) is 11.3. The minimum absolute atomic E-state index is 0.282. The van der Waals surface area contributed by atoms with Crippen LogP contribution in [0.25, 0.3) is 0 Å². The van der Waals surface area contributed by atoms with Gasteiger partial charge >= 0.3 is 0 Å².